The van der Waals surface area contributed by atoms with E-state index in [0.717, 1.165) is 37.5 Å². The van der Waals surface area contributed by atoms with Crippen molar-refractivity contribution in [3.05, 3.63) is 0 Å². The van der Waals surface area contributed by atoms with Crippen molar-refractivity contribution < 1.29 is 9.90 Å². The average molecular weight is 419 g/mol. The summed E-state index contributed by atoms with van der Waals surface area (Å²) in [5.41, 5.74) is 0.179. The second-order valence-electron chi connectivity index (χ2n) is 12.3. The van der Waals surface area contributed by atoms with Crippen molar-refractivity contribution in [2.75, 3.05) is 6.61 Å². The fraction of sp³-hybridized carbons (Fsp3) is 0.964. The van der Waals surface area contributed by atoms with Crippen LogP contribution < -0.4 is 0 Å². The van der Waals surface area contributed by atoms with Gasteiger partial charge in [-0.15, -0.1) is 0 Å². The van der Waals surface area contributed by atoms with E-state index in [4.69, 9.17) is 0 Å². The Morgan fingerprint density at radius 2 is 1.73 bits per heavy atom. The van der Waals surface area contributed by atoms with Gasteiger partial charge in [-0.3, -0.25) is 4.79 Å². The van der Waals surface area contributed by atoms with Gasteiger partial charge in [0, 0.05) is 17.9 Å². The number of carbonyl (C=O) groups excluding carboxylic acids is 1. The summed E-state index contributed by atoms with van der Waals surface area (Å²) in [6.07, 6.45) is 15.9. The largest absolute Gasteiger partial charge is 0.396 e. The highest BCUT2D eigenvalue weighted by Gasteiger charge is 2.56. The molecule has 30 heavy (non-hydrogen) atoms. The Morgan fingerprint density at radius 1 is 0.967 bits per heavy atom. The standard InChI is InChI=1S/C28H50O2/c1-20(2)10-8-11-21(3)24-15-16-25(28(24,5)18-9-19-29)23-14-13-22-12-6-7-17-27(22,4)26(23)30/h20-25,29H,6-19H2,1-5H3. The van der Waals surface area contributed by atoms with E-state index in [-0.39, 0.29) is 23.4 Å². The topological polar surface area (TPSA) is 37.3 Å². The van der Waals surface area contributed by atoms with Gasteiger partial charge in [0.15, 0.2) is 0 Å². The molecule has 7 atom stereocenters. The van der Waals surface area contributed by atoms with E-state index < -0.39 is 0 Å². The van der Waals surface area contributed by atoms with Gasteiger partial charge in [0.1, 0.15) is 5.78 Å². The summed E-state index contributed by atoms with van der Waals surface area (Å²) in [6.45, 7) is 12.2. The Labute approximate surface area is 187 Å². The molecule has 7 unspecified atom stereocenters. The number of hydrogen-bond acceptors (Lipinski definition) is 2. The molecular formula is C28H50O2. The predicted molar refractivity (Wildman–Crippen MR) is 126 cm³/mol. The fourth-order valence-corrected chi connectivity index (χ4v) is 8.28. The summed E-state index contributed by atoms with van der Waals surface area (Å²) in [7, 11) is 0. The van der Waals surface area contributed by atoms with Crippen LogP contribution in [0.3, 0.4) is 0 Å². The molecule has 0 aromatic heterocycles. The van der Waals surface area contributed by atoms with Gasteiger partial charge in [0.05, 0.1) is 0 Å². The van der Waals surface area contributed by atoms with Gasteiger partial charge in [-0.2, -0.15) is 0 Å². The third-order valence-corrected chi connectivity index (χ3v) is 10.1. The summed E-state index contributed by atoms with van der Waals surface area (Å²) >= 11 is 0. The smallest absolute Gasteiger partial charge is 0.142 e. The zero-order valence-corrected chi connectivity index (χ0v) is 20.7. The first-order chi connectivity index (χ1) is 14.2. The molecular weight excluding hydrogens is 368 g/mol. The Balaban J connectivity index is 1.77. The highest BCUT2D eigenvalue weighted by atomic mass is 16.2. The lowest BCUT2D eigenvalue weighted by Crippen LogP contribution is -2.50. The monoisotopic (exact) mass is 418 g/mol. The van der Waals surface area contributed by atoms with Crippen molar-refractivity contribution in [3.8, 4) is 0 Å². The van der Waals surface area contributed by atoms with Gasteiger partial charge in [-0.1, -0.05) is 66.7 Å². The van der Waals surface area contributed by atoms with Gasteiger partial charge in [0.25, 0.3) is 0 Å². The van der Waals surface area contributed by atoms with E-state index in [1.807, 2.05) is 0 Å². The van der Waals surface area contributed by atoms with Crippen molar-refractivity contribution in [2.24, 2.45) is 46.3 Å². The van der Waals surface area contributed by atoms with Gasteiger partial charge in [0.2, 0.25) is 0 Å². The highest BCUT2D eigenvalue weighted by molar-refractivity contribution is 5.88. The van der Waals surface area contributed by atoms with Gasteiger partial charge >= 0.3 is 0 Å². The van der Waals surface area contributed by atoms with Crippen LogP contribution >= 0.6 is 0 Å². The van der Waals surface area contributed by atoms with Crippen LogP contribution in [0.25, 0.3) is 0 Å². The van der Waals surface area contributed by atoms with E-state index in [0.29, 0.717) is 23.5 Å². The number of aliphatic hydroxyl groups excluding tert-OH is 1. The summed E-state index contributed by atoms with van der Waals surface area (Å²) < 4.78 is 0. The zero-order valence-electron chi connectivity index (χ0n) is 20.7. The molecule has 3 saturated carbocycles. The number of Topliss-reactive ketones (excluding diaryl/α,β-unsaturated/α-hetero) is 1. The number of ketones is 1. The number of aliphatic hydroxyl groups is 1. The van der Waals surface area contributed by atoms with Crippen LogP contribution in [0.4, 0.5) is 0 Å². The number of rotatable bonds is 9. The molecule has 3 fully saturated rings. The van der Waals surface area contributed by atoms with Gasteiger partial charge < -0.3 is 5.11 Å². The van der Waals surface area contributed by atoms with Gasteiger partial charge in [-0.05, 0) is 86.4 Å². The first-order valence-corrected chi connectivity index (χ1v) is 13.4. The van der Waals surface area contributed by atoms with E-state index in [1.165, 1.54) is 57.8 Å². The van der Waals surface area contributed by atoms with E-state index in [9.17, 15) is 9.90 Å². The van der Waals surface area contributed by atoms with Crippen molar-refractivity contribution in [1.29, 1.82) is 0 Å². The Kier molecular flexibility index (Phi) is 8.13. The molecule has 0 saturated heterocycles. The SMILES string of the molecule is CC(C)CCCC(C)C1CCC(C2CCC3CCCCC3(C)C2=O)C1(C)CCCO. The van der Waals surface area contributed by atoms with E-state index in [2.05, 4.69) is 34.6 Å². The lowest BCUT2D eigenvalue weighted by atomic mass is 9.52. The third-order valence-electron chi connectivity index (χ3n) is 10.1. The molecule has 3 aliphatic rings. The molecule has 174 valence electrons. The highest BCUT2D eigenvalue weighted by Crippen LogP contribution is 2.61. The number of hydrogen-bond donors (Lipinski definition) is 1. The molecule has 0 spiro atoms. The van der Waals surface area contributed by atoms with Crippen LogP contribution in [0.1, 0.15) is 118 Å². The van der Waals surface area contributed by atoms with Crippen LogP contribution in [0.15, 0.2) is 0 Å². The minimum atomic E-state index is -0.0416. The van der Waals surface area contributed by atoms with Crippen molar-refractivity contribution in [2.45, 2.75) is 118 Å². The molecule has 3 aliphatic carbocycles. The average Bonchev–Trinajstić information content (AvgIpc) is 3.04. The van der Waals surface area contributed by atoms with E-state index in [1.54, 1.807) is 0 Å². The molecule has 0 aromatic carbocycles. The van der Waals surface area contributed by atoms with Crippen LogP contribution in [0.2, 0.25) is 0 Å². The third kappa shape index (κ3) is 4.69. The summed E-state index contributed by atoms with van der Waals surface area (Å²) in [5, 5.41) is 9.65. The Bertz CT molecular complexity index is 569. The Hall–Kier alpha value is -0.370. The first kappa shape index (κ1) is 24.3. The molecule has 0 heterocycles. The first-order valence-electron chi connectivity index (χ1n) is 13.4. The van der Waals surface area contributed by atoms with E-state index >= 15 is 0 Å². The van der Waals surface area contributed by atoms with Crippen molar-refractivity contribution in [1.82, 2.24) is 0 Å². The molecule has 0 radical (unpaired) electrons. The summed E-state index contributed by atoms with van der Waals surface area (Å²) in [4.78, 5) is 13.9. The molecule has 0 amide bonds. The number of carbonyl (C=O) groups is 1. The quantitative estimate of drug-likeness (QED) is 0.423. The second kappa shape index (κ2) is 10.1. The van der Waals surface area contributed by atoms with Crippen molar-refractivity contribution >= 4 is 5.78 Å². The molecule has 0 bridgehead atoms. The van der Waals surface area contributed by atoms with Crippen molar-refractivity contribution in [3.63, 3.8) is 0 Å². The predicted octanol–water partition coefficient (Wildman–Crippen LogP) is 7.43. The van der Waals surface area contributed by atoms with Gasteiger partial charge in [-0.25, -0.2) is 0 Å². The van der Waals surface area contributed by atoms with Crippen LogP contribution in [0.5, 0.6) is 0 Å². The van der Waals surface area contributed by atoms with Crippen LogP contribution in [0, 0.1) is 46.3 Å². The molecule has 0 aromatic rings. The lowest BCUT2D eigenvalue weighted by Gasteiger charge is -2.51. The maximum atomic E-state index is 13.9. The maximum Gasteiger partial charge on any atom is 0.142 e. The zero-order chi connectivity index (χ0) is 21.9. The molecule has 0 aliphatic heterocycles. The number of fused-ring (bicyclic) bond motifs is 1. The second-order valence-corrected chi connectivity index (χ2v) is 12.3. The summed E-state index contributed by atoms with van der Waals surface area (Å²) in [5.74, 6) is 4.32. The molecule has 3 rings (SSSR count). The normalized spacial score (nSPS) is 40.6. The van der Waals surface area contributed by atoms with Crippen LogP contribution in [-0.4, -0.2) is 17.5 Å². The van der Waals surface area contributed by atoms with Crippen LogP contribution in [-0.2, 0) is 4.79 Å². The molecule has 1 N–H and O–H groups in total. The maximum absolute atomic E-state index is 13.9. The lowest BCUT2D eigenvalue weighted by molar-refractivity contribution is -0.147. The minimum absolute atomic E-state index is 0.0416. The molecule has 2 nitrogen and oxygen atoms in total. The summed E-state index contributed by atoms with van der Waals surface area (Å²) in [6, 6.07) is 0. The fourth-order valence-electron chi connectivity index (χ4n) is 8.28. The Morgan fingerprint density at radius 3 is 2.43 bits per heavy atom. The minimum Gasteiger partial charge on any atom is -0.396 e. The molecule has 2 heteroatoms.